The smallest absolute Gasteiger partial charge is 0.345 e. The van der Waals surface area contributed by atoms with Crippen molar-refractivity contribution in [2.75, 3.05) is 18.0 Å². The van der Waals surface area contributed by atoms with Crippen LogP contribution in [0.25, 0.3) is 0 Å². The predicted molar refractivity (Wildman–Crippen MR) is 62.1 cm³/mol. The van der Waals surface area contributed by atoms with E-state index in [4.69, 9.17) is 0 Å². The van der Waals surface area contributed by atoms with Gasteiger partial charge in [0.05, 0.1) is 11.3 Å². The van der Waals surface area contributed by atoms with Crippen molar-refractivity contribution in [3.63, 3.8) is 0 Å². The van der Waals surface area contributed by atoms with E-state index in [9.17, 15) is 31.9 Å². The van der Waals surface area contributed by atoms with Crippen LogP contribution in [0.1, 0.15) is 10.4 Å². The van der Waals surface area contributed by atoms with Crippen LogP contribution in [0.5, 0.6) is 0 Å². The zero-order chi connectivity index (χ0) is 15.8. The van der Waals surface area contributed by atoms with Gasteiger partial charge in [0.2, 0.25) is 5.91 Å². The maximum Gasteiger partial charge on any atom is 0.405 e. The van der Waals surface area contributed by atoms with Crippen LogP contribution in [-0.2, 0) is 9.59 Å². The number of halogens is 4. The maximum absolute atomic E-state index is 13.7. The molecule has 112 valence electrons. The number of hydrogen-bond acceptors (Lipinski definition) is 3. The molecule has 1 aromatic rings. The predicted octanol–water partition coefficient (Wildman–Crippen LogP) is 1.03. The summed E-state index contributed by atoms with van der Waals surface area (Å²) >= 11 is 0. The fraction of sp³-hybridized carbons (Fsp3) is 0.250. The number of ketones is 1. The van der Waals surface area contributed by atoms with Crippen LogP contribution in [0.15, 0.2) is 18.2 Å². The third kappa shape index (κ3) is 3.01. The number of rotatable bonds is 3. The number of benzene rings is 1. The highest BCUT2D eigenvalue weighted by atomic mass is 19.4. The van der Waals surface area contributed by atoms with E-state index < -0.39 is 48.4 Å². The number of Topliss-reactive ketones (excluding diaryl/α,β-unsaturated/α-hetero) is 1. The van der Waals surface area contributed by atoms with Crippen LogP contribution in [0.3, 0.4) is 0 Å². The van der Waals surface area contributed by atoms with E-state index in [0.29, 0.717) is 4.90 Å². The fourth-order valence-electron chi connectivity index (χ4n) is 1.86. The molecule has 1 aliphatic rings. The minimum atomic E-state index is -4.61. The van der Waals surface area contributed by atoms with Crippen LogP contribution in [-0.4, -0.2) is 36.9 Å². The normalized spacial score (nSPS) is 14.4. The molecule has 0 fully saturated rings. The quantitative estimate of drug-likeness (QED) is 0.670. The number of hydrogen-bond donors (Lipinski definition) is 1. The third-order valence-corrected chi connectivity index (χ3v) is 2.73. The molecule has 0 aromatic heterocycles. The van der Waals surface area contributed by atoms with E-state index in [-0.39, 0.29) is 5.56 Å². The molecule has 21 heavy (non-hydrogen) atoms. The van der Waals surface area contributed by atoms with Crippen molar-refractivity contribution >= 4 is 23.3 Å². The van der Waals surface area contributed by atoms with Crippen LogP contribution in [0, 0.1) is 5.82 Å². The molecule has 0 radical (unpaired) electrons. The number of fused-ring (bicyclic) bond motifs is 1. The lowest BCUT2D eigenvalue weighted by atomic mass is 10.1. The maximum atomic E-state index is 13.7. The minimum Gasteiger partial charge on any atom is -0.345 e. The highest BCUT2D eigenvalue weighted by molar-refractivity contribution is 6.52. The standard InChI is InChI=1S/C12H8F4N2O3/c13-7-3-1-2-6-9(7)18(11(21)10(6)20)4-8(19)17-5-12(14,15)16/h1-3H,4-5H2,(H,17,19). The zero-order valence-corrected chi connectivity index (χ0v) is 10.3. The van der Waals surface area contributed by atoms with Gasteiger partial charge in [0, 0.05) is 0 Å². The summed E-state index contributed by atoms with van der Waals surface area (Å²) in [5.41, 5.74) is -0.613. The first-order chi connectivity index (χ1) is 9.70. The Kier molecular flexibility index (Phi) is 3.67. The van der Waals surface area contributed by atoms with Gasteiger partial charge in [0.15, 0.2) is 0 Å². The summed E-state index contributed by atoms with van der Waals surface area (Å²) in [6.07, 6.45) is -4.61. The van der Waals surface area contributed by atoms with Crippen LogP contribution in [0.4, 0.5) is 23.2 Å². The SMILES string of the molecule is O=C(CN1C(=O)C(=O)c2cccc(F)c21)NCC(F)(F)F. The van der Waals surface area contributed by atoms with Crippen LogP contribution in [0.2, 0.25) is 0 Å². The molecule has 2 amide bonds. The zero-order valence-electron chi connectivity index (χ0n) is 10.3. The third-order valence-electron chi connectivity index (χ3n) is 2.73. The van der Waals surface area contributed by atoms with Crippen molar-refractivity contribution in [1.82, 2.24) is 5.32 Å². The van der Waals surface area contributed by atoms with E-state index in [0.717, 1.165) is 6.07 Å². The highest BCUT2D eigenvalue weighted by Crippen LogP contribution is 2.31. The number of alkyl halides is 3. The van der Waals surface area contributed by atoms with Gasteiger partial charge >= 0.3 is 6.18 Å². The number of carbonyl (C=O) groups excluding carboxylic acids is 3. The first-order valence-corrected chi connectivity index (χ1v) is 5.69. The van der Waals surface area contributed by atoms with Gasteiger partial charge in [0.25, 0.3) is 11.7 Å². The highest BCUT2D eigenvalue weighted by Gasteiger charge is 2.39. The lowest BCUT2D eigenvalue weighted by Crippen LogP contribution is -2.43. The first-order valence-electron chi connectivity index (χ1n) is 5.69. The molecule has 0 atom stereocenters. The van der Waals surface area contributed by atoms with E-state index in [2.05, 4.69) is 0 Å². The van der Waals surface area contributed by atoms with Gasteiger partial charge in [-0.05, 0) is 12.1 Å². The number of anilines is 1. The number of amides is 2. The molecule has 0 saturated carbocycles. The Morgan fingerprint density at radius 2 is 1.90 bits per heavy atom. The lowest BCUT2D eigenvalue weighted by Gasteiger charge is -2.17. The summed E-state index contributed by atoms with van der Waals surface area (Å²) in [6.45, 7) is -2.44. The van der Waals surface area contributed by atoms with Gasteiger partial charge in [-0.1, -0.05) is 6.07 Å². The Balaban J connectivity index is 2.17. The molecular weight excluding hydrogens is 296 g/mol. The fourth-order valence-corrected chi connectivity index (χ4v) is 1.86. The minimum absolute atomic E-state index is 0.219. The average Bonchev–Trinajstić information content (AvgIpc) is 2.62. The molecule has 0 unspecified atom stereocenters. The monoisotopic (exact) mass is 304 g/mol. The van der Waals surface area contributed by atoms with Crippen molar-refractivity contribution in [2.24, 2.45) is 0 Å². The first kappa shape index (κ1) is 14.9. The second-order valence-electron chi connectivity index (χ2n) is 4.25. The molecule has 1 N–H and O–H groups in total. The number of carbonyl (C=O) groups is 3. The van der Waals surface area contributed by atoms with E-state index >= 15 is 0 Å². The second kappa shape index (κ2) is 5.15. The van der Waals surface area contributed by atoms with Crippen LogP contribution < -0.4 is 10.2 Å². The molecule has 5 nitrogen and oxygen atoms in total. The van der Waals surface area contributed by atoms with Gasteiger partial charge in [0.1, 0.15) is 18.9 Å². The molecule has 0 saturated heterocycles. The largest absolute Gasteiger partial charge is 0.405 e. The summed E-state index contributed by atoms with van der Waals surface area (Å²) < 4.78 is 49.5. The number of nitrogens with one attached hydrogen (secondary N) is 1. The van der Waals surface area contributed by atoms with Crippen molar-refractivity contribution in [3.05, 3.63) is 29.6 Å². The second-order valence-corrected chi connectivity index (χ2v) is 4.25. The number of para-hydroxylation sites is 1. The summed E-state index contributed by atoms with van der Waals surface area (Å²) in [5, 5.41) is 1.54. The molecular formula is C12H8F4N2O3. The van der Waals surface area contributed by atoms with Crippen molar-refractivity contribution in [3.8, 4) is 0 Å². The molecule has 0 spiro atoms. The van der Waals surface area contributed by atoms with Crippen molar-refractivity contribution < 1.29 is 31.9 Å². The molecule has 1 aliphatic heterocycles. The van der Waals surface area contributed by atoms with Gasteiger partial charge in [-0.3, -0.25) is 19.3 Å². The van der Waals surface area contributed by atoms with Gasteiger partial charge in [-0.2, -0.15) is 13.2 Å². The number of nitrogens with zero attached hydrogens (tertiary/aromatic N) is 1. The summed E-state index contributed by atoms with van der Waals surface area (Å²) in [6, 6.07) is 3.39. The Bertz CT molecular complexity index is 627. The summed E-state index contributed by atoms with van der Waals surface area (Å²) in [5.74, 6) is -4.22. The Hall–Kier alpha value is -2.45. The Labute approximate surface area is 115 Å². The molecule has 1 aromatic carbocycles. The lowest BCUT2D eigenvalue weighted by molar-refractivity contribution is -0.137. The molecule has 9 heteroatoms. The Morgan fingerprint density at radius 1 is 1.24 bits per heavy atom. The Morgan fingerprint density at radius 3 is 2.52 bits per heavy atom. The van der Waals surface area contributed by atoms with E-state index in [1.165, 1.54) is 12.1 Å². The molecule has 0 aliphatic carbocycles. The summed E-state index contributed by atoms with van der Waals surface area (Å²) in [4.78, 5) is 35.2. The van der Waals surface area contributed by atoms with Crippen molar-refractivity contribution in [2.45, 2.75) is 6.18 Å². The van der Waals surface area contributed by atoms with E-state index in [1.807, 2.05) is 0 Å². The van der Waals surface area contributed by atoms with Gasteiger partial charge in [-0.25, -0.2) is 4.39 Å². The molecule has 2 rings (SSSR count). The van der Waals surface area contributed by atoms with Gasteiger partial charge < -0.3 is 5.32 Å². The van der Waals surface area contributed by atoms with E-state index in [1.54, 1.807) is 5.32 Å². The topological polar surface area (TPSA) is 66.5 Å². The molecule has 0 bridgehead atoms. The molecule has 1 heterocycles. The average molecular weight is 304 g/mol. The van der Waals surface area contributed by atoms with Gasteiger partial charge in [-0.15, -0.1) is 0 Å². The summed E-state index contributed by atoms with van der Waals surface area (Å²) in [7, 11) is 0. The van der Waals surface area contributed by atoms with Crippen LogP contribution >= 0.6 is 0 Å². The van der Waals surface area contributed by atoms with Crippen molar-refractivity contribution in [1.29, 1.82) is 0 Å².